The number of nitrogens with one attached hydrogen (secondary N) is 2. The van der Waals surface area contributed by atoms with E-state index in [1.807, 2.05) is 0 Å². The van der Waals surface area contributed by atoms with Gasteiger partial charge in [0.2, 0.25) is 17.8 Å². The summed E-state index contributed by atoms with van der Waals surface area (Å²) in [7, 11) is -10.8. The Morgan fingerprint density at radius 1 is 0.563 bits per heavy atom. The maximum Gasteiger partial charge on any atom is 0.356 e. The molecule has 0 atom stereocenters. The van der Waals surface area contributed by atoms with E-state index in [2.05, 4.69) is 44.9 Å². The number of fused-ring (bicyclic) bond motifs is 3. The van der Waals surface area contributed by atoms with Crippen molar-refractivity contribution in [2.75, 3.05) is 56.1 Å². The predicted molar refractivity (Wildman–Crippen MR) is 268 cm³/mol. The number of H-pyrrole nitrogens is 2. The van der Waals surface area contributed by atoms with Crippen LogP contribution in [0, 0.1) is 0 Å². The summed E-state index contributed by atoms with van der Waals surface area (Å²) in [6, 6.07) is 0. The van der Waals surface area contributed by atoms with Crippen molar-refractivity contribution in [1.29, 1.82) is 0 Å². The zero-order valence-corrected chi connectivity index (χ0v) is 42.6. The van der Waals surface area contributed by atoms with Crippen LogP contribution >= 0.6 is 34.4 Å². The molecule has 400 valence electrons. The van der Waals surface area contributed by atoms with Crippen LogP contribution in [0.1, 0.15) is 70.2 Å². The monoisotopic (exact) mass is 1090 g/mol. The number of anilines is 3. The Morgan fingerprint density at radius 2 is 0.887 bits per heavy atom. The lowest BCUT2D eigenvalue weighted by molar-refractivity contribution is 0.0956. The fraction of sp³-hybridized carbons (Fsp3) is 0.605. The second-order valence-electron chi connectivity index (χ2n) is 15.7. The van der Waals surface area contributed by atoms with Gasteiger partial charge in [-0.3, -0.25) is 33.3 Å². The highest BCUT2D eigenvalue weighted by Gasteiger charge is 2.29. The molecule has 0 aromatic carbocycles. The van der Waals surface area contributed by atoms with E-state index in [4.69, 9.17) is 70.9 Å². The van der Waals surface area contributed by atoms with Gasteiger partial charge < -0.3 is 73.0 Å². The quantitative estimate of drug-likeness (QED) is 0.0254. The number of nitrogens with zero attached hydrogens (tertiary/aromatic N) is 10. The highest BCUT2D eigenvalue weighted by Crippen LogP contribution is 2.51. The van der Waals surface area contributed by atoms with Gasteiger partial charge in [-0.15, -0.1) is 0 Å². The first kappa shape index (κ1) is 62.4. The maximum absolute atomic E-state index is 12.7. The normalized spacial score (nSPS) is 12.1. The Morgan fingerprint density at radius 3 is 1.23 bits per heavy atom. The molecule has 10 N–H and O–H groups in total. The summed E-state index contributed by atoms with van der Waals surface area (Å²) in [5.41, 5.74) is 17.7. The molecule has 6 aromatic rings. The summed E-state index contributed by atoms with van der Waals surface area (Å²) in [5, 5.41) is 0.197. The molecule has 29 nitrogen and oxygen atoms in total. The Balaban J connectivity index is 0.000000364. The number of imidazole rings is 3. The molecule has 0 saturated heterocycles. The van der Waals surface area contributed by atoms with Crippen molar-refractivity contribution in [3.05, 3.63) is 44.8 Å². The highest BCUT2D eigenvalue weighted by molar-refractivity contribution is 7.54. The van der Waals surface area contributed by atoms with Crippen molar-refractivity contribution in [2.24, 2.45) is 0 Å². The highest BCUT2D eigenvalue weighted by atomic mass is 35.5. The van der Waals surface area contributed by atoms with Crippen LogP contribution in [0.4, 0.5) is 17.8 Å². The van der Waals surface area contributed by atoms with Gasteiger partial charge in [0.25, 0.3) is 11.1 Å². The minimum atomic E-state index is -4.17. The average molecular weight is 1090 g/mol. The van der Waals surface area contributed by atoms with Crippen LogP contribution in [0.2, 0.25) is 5.15 Å². The molecule has 0 aliphatic heterocycles. The fourth-order valence-electron chi connectivity index (χ4n) is 5.84. The molecule has 71 heavy (non-hydrogen) atoms. The molecule has 6 heterocycles. The Hall–Kier alpha value is -4.73. The first-order valence-corrected chi connectivity index (χ1v) is 26.6. The van der Waals surface area contributed by atoms with Crippen LogP contribution in [0.15, 0.2) is 28.6 Å². The van der Waals surface area contributed by atoms with Gasteiger partial charge in [0.05, 0.1) is 63.2 Å². The van der Waals surface area contributed by atoms with Crippen molar-refractivity contribution in [3.63, 3.8) is 0 Å². The van der Waals surface area contributed by atoms with E-state index < -0.39 is 40.3 Å². The fourth-order valence-corrected chi connectivity index (χ4v) is 10.0. The van der Waals surface area contributed by atoms with Crippen molar-refractivity contribution >= 4 is 85.7 Å². The molecule has 0 unspecified atom stereocenters. The summed E-state index contributed by atoms with van der Waals surface area (Å²) in [5.74, 6) is 0.0519. The first-order chi connectivity index (χ1) is 32.3. The van der Waals surface area contributed by atoms with Crippen LogP contribution < -0.4 is 28.3 Å². The Kier molecular flexibility index (Phi) is 24.5. The minimum absolute atomic E-state index is 0. The molecule has 0 spiro atoms. The van der Waals surface area contributed by atoms with Crippen molar-refractivity contribution in [1.82, 2.24) is 58.6 Å². The number of halogens is 1. The second kappa shape index (κ2) is 27.9. The number of hydrogen-bond donors (Lipinski definition) is 7. The van der Waals surface area contributed by atoms with Gasteiger partial charge in [-0.05, 0) is 55.4 Å². The molecule has 0 fully saturated rings. The molecular weight excluding hydrogens is 1020 g/mol. The van der Waals surface area contributed by atoms with Crippen LogP contribution in [0.5, 0.6) is 0 Å². The smallest absolute Gasteiger partial charge is 0.356 e. The number of ether oxygens (including phenoxy) is 3. The molecule has 0 aliphatic rings. The van der Waals surface area contributed by atoms with E-state index in [1.54, 1.807) is 70.9 Å². The molecule has 0 amide bonds. The van der Waals surface area contributed by atoms with Crippen LogP contribution in [-0.4, -0.2) is 132 Å². The van der Waals surface area contributed by atoms with E-state index >= 15 is 0 Å². The lowest BCUT2D eigenvalue weighted by Crippen LogP contribution is -2.14. The van der Waals surface area contributed by atoms with Gasteiger partial charge in [0.15, 0.2) is 33.1 Å². The second-order valence-corrected chi connectivity index (χ2v) is 21.5. The van der Waals surface area contributed by atoms with Crippen molar-refractivity contribution in [2.45, 2.75) is 114 Å². The molecule has 0 radical (unpaired) electrons. The van der Waals surface area contributed by atoms with Crippen LogP contribution in [0.25, 0.3) is 33.5 Å². The summed E-state index contributed by atoms with van der Waals surface area (Å²) in [6.07, 6.45) is 2.53. The molecule has 33 heteroatoms. The molecule has 0 aliphatic carbocycles. The van der Waals surface area contributed by atoms with Gasteiger partial charge >= 0.3 is 22.8 Å². The third-order valence-electron chi connectivity index (χ3n) is 8.10. The van der Waals surface area contributed by atoms with Crippen LogP contribution in [-0.2, 0) is 65.6 Å². The van der Waals surface area contributed by atoms with Gasteiger partial charge in [0, 0.05) is 19.6 Å². The summed E-state index contributed by atoms with van der Waals surface area (Å²) in [6.45, 7) is 15.8. The third kappa shape index (κ3) is 20.0. The maximum atomic E-state index is 12.7. The average Bonchev–Trinajstić information content (AvgIpc) is 3.93. The molecule has 0 bridgehead atoms. The summed E-state index contributed by atoms with van der Waals surface area (Å²) in [4.78, 5) is 73.2. The zero-order valence-electron chi connectivity index (χ0n) is 39.1. The van der Waals surface area contributed by atoms with Crippen LogP contribution in [0.3, 0.4) is 0 Å². The molecule has 6 rings (SSSR count). The van der Waals surface area contributed by atoms with Gasteiger partial charge in [0.1, 0.15) is 24.6 Å². The van der Waals surface area contributed by atoms with E-state index in [9.17, 15) is 23.3 Å². The summed E-state index contributed by atoms with van der Waals surface area (Å²) < 4.78 is 78.2. The number of hydrogen-bond acceptors (Lipinski definition) is 22. The van der Waals surface area contributed by atoms with E-state index in [-0.39, 0.29) is 112 Å². The zero-order chi connectivity index (χ0) is 51.3. The number of nitrogen functional groups attached to an aromatic ring is 3. The largest absolute Gasteiger partial charge is 0.369 e. The minimum Gasteiger partial charge on any atom is -0.369 e. The Bertz CT molecular complexity index is 2860. The van der Waals surface area contributed by atoms with Crippen molar-refractivity contribution in [3.8, 4) is 0 Å². The topological polar surface area (TPSA) is 405 Å². The van der Waals surface area contributed by atoms with Crippen molar-refractivity contribution < 1.29 is 55.8 Å². The van der Waals surface area contributed by atoms with Gasteiger partial charge in [-0.25, -0.2) is 15.0 Å². The first-order valence-electron chi connectivity index (χ1n) is 21.0. The number of rotatable bonds is 23. The van der Waals surface area contributed by atoms with E-state index in [0.29, 0.717) is 35.5 Å². The molecular formula is C38H67ClN15O14P3. The standard InChI is InChI=1S/C14H23ClN5O4P.C14H24N5O5P.C8H12N5O5P.2CH4/c1-9(2)23-25(21,24-10(3)4)8-22-6-5-20-7-17-11-12(15)18-14(16)19-13(11)20;1-9(2)23-25(21,24-10(3)4)8-22-6-5-19-7-16-11-12(19)17-14(15)18-13(11)20;9-8-11-6-5(7(14)12-8)10-3-13(6)1-2-18-4-19(15,16)17;;/h7,9-10H,5-6,8H2,1-4H3,(H2,16,18,19);7,9-10H,5-6,8H2,1-4H3,(H3,15,17,18,20);3H,1-2,4H2,(H2,15,16,17)(H3,9,11,12,14);2*1H4. The summed E-state index contributed by atoms with van der Waals surface area (Å²) >= 11 is 5.99. The lowest BCUT2D eigenvalue weighted by atomic mass is 10.5. The van der Waals surface area contributed by atoms with Gasteiger partial charge in [-0.2, -0.15) is 19.9 Å². The lowest BCUT2D eigenvalue weighted by Gasteiger charge is -2.22. The SMILES string of the molecule is C.C.CC(C)OP(=O)(COCCn1cnc2c(=O)[nH]c(N)nc21)OC(C)C.CC(C)OP(=O)(COCCn1cnc2c(Cl)nc(N)nc21)OC(C)C.Nc1nc2c(ncn2CCOCP(=O)(O)O)c(=O)[nH]1. The van der Waals surface area contributed by atoms with E-state index in [1.165, 1.54) is 17.2 Å². The third-order valence-corrected chi connectivity index (χ3v) is 12.8. The predicted octanol–water partition coefficient (Wildman–Crippen LogP) is 4.92. The molecule has 0 saturated carbocycles. The number of aromatic amines is 2. The molecule has 6 aromatic heterocycles. The van der Waals surface area contributed by atoms with Gasteiger partial charge in [-0.1, -0.05) is 26.5 Å². The number of nitrogens with two attached hydrogens (primary N) is 3. The number of aromatic nitrogens is 12. The van der Waals surface area contributed by atoms with E-state index in [0.717, 1.165) is 0 Å². The Labute approximate surface area is 414 Å².